The summed E-state index contributed by atoms with van der Waals surface area (Å²) in [7, 11) is 0. The summed E-state index contributed by atoms with van der Waals surface area (Å²) in [5, 5.41) is 2.67. The van der Waals surface area contributed by atoms with Crippen molar-refractivity contribution in [3.8, 4) is 0 Å². The number of esters is 1. The average Bonchev–Trinajstić information content (AvgIpc) is 2.85. The van der Waals surface area contributed by atoms with Crippen LogP contribution in [0.25, 0.3) is 0 Å². The third-order valence-electron chi connectivity index (χ3n) is 4.42. The van der Waals surface area contributed by atoms with Crippen LogP contribution in [0, 0.1) is 11.8 Å². The topological polar surface area (TPSA) is 111 Å². The van der Waals surface area contributed by atoms with E-state index in [0.717, 1.165) is 0 Å². The van der Waals surface area contributed by atoms with Crippen molar-refractivity contribution < 1.29 is 23.9 Å². The molecule has 136 valence electrons. The van der Waals surface area contributed by atoms with Crippen LogP contribution >= 0.6 is 0 Å². The van der Waals surface area contributed by atoms with Gasteiger partial charge in [-0.2, -0.15) is 0 Å². The predicted molar refractivity (Wildman–Crippen MR) is 85.5 cm³/mol. The number of nitrogens with one attached hydrogen (secondary N) is 1. The number of amides is 2. The van der Waals surface area contributed by atoms with Crippen LogP contribution in [0.5, 0.6) is 0 Å². The first kappa shape index (κ1) is 18.7. The molecular weight excluding hydrogens is 314 g/mol. The van der Waals surface area contributed by atoms with Gasteiger partial charge in [0.25, 0.3) is 0 Å². The van der Waals surface area contributed by atoms with Gasteiger partial charge >= 0.3 is 5.97 Å². The number of hydrogen-bond donors (Lipinski definition) is 2. The number of β-lactam (4-membered cyclic amide) rings is 1. The maximum absolute atomic E-state index is 12.3. The molecule has 0 saturated carbocycles. The highest BCUT2D eigenvalue weighted by molar-refractivity contribution is 5.87. The first-order valence-corrected chi connectivity index (χ1v) is 8.38. The largest absolute Gasteiger partial charge is 0.461 e. The minimum Gasteiger partial charge on any atom is -0.461 e. The lowest BCUT2D eigenvalue weighted by Gasteiger charge is -2.31. The summed E-state index contributed by atoms with van der Waals surface area (Å²) in [5.74, 6) is -0.982. The van der Waals surface area contributed by atoms with E-state index in [1.807, 2.05) is 27.7 Å². The fourth-order valence-electron chi connectivity index (χ4n) is 2.66. The molecule has 2 fully saturated rings. The van der Waals surface area contributed by atoms with Crippen molar-refractivity contribution in [2.24, 2.45) is 17.6 Å². The molecule has 4 atom stereocenters. The van der Waals surface area contributed by atoms with Gasteiger partial charge in [0.05, 0.1) is 19.0 Å². The van der Waals surface area contributed by atoms with Crippen molar-refractivity contribution >= 4 is 17.8 Å². The van der Waals surface area contributed by atoms with E-state index >= 15 is 0 Å². The quantitative estimate of drug-likeness (QED) is 0.482. The maximum atomic E-state index is 12.3. The van der Waals surface area contributed by atoms with Gasteiger partial charge in [-0.1, -0.05) is 27.7 Å². The normalized spacial score (nSPS) is 25.3. The first-order valence-electron chi connectivity index (χ1n) is 8.38. The van der Waals surface area contributed by atoms with Gasteiger partial charge in [0, 0.05) is 0 Å². The zero-order valence-corrected chi connectivity index (χ0v) is 14.7. The molecule has 2 aliphatic heterocycles. The second kappa shape index (κ2) is 7.48. The van der Waals surface area contributed by atoms with Crippen LogP contribution in [0.3, 0.4) is 0 Å². The van der Waals surface area contributed by atoms with Gasteiger partial charge in [-0.3, -0.25) is 9.59 Å². The van der Waals surface area contributed by atoms with Gasteiger partial charge in [-0.05, 0) is 11.8 Å². The number of fused-ring (bicyclic) bond motifs is 1. The van der Waals surface area contributed by atoms with Crippen LogP contribution in [0.1, 0.15) is 34.1 Å². The third kappa shape index (κ3) is 4.05. The monoisotopic (exact) mass is 341 g/mol. The first-order chi connectivity index (χ1) is 11.2. The molecule has 2 amide bonds. The molecule has 3 N–H and O–H groups in total. The van der Waals surface area contributed by atoms with Crippen molar-refractivity contribution in [2.45, 2.75) is 58.5 Å². The summed E-state index contributed by atoms with van der Waals surface area (Å²) < 4.78 is 10.9. The number of nitrogens with zero attached hydrogens (tertiary/aromatic N) is 1. The lowest BCUT2D eigenvalue weighted by atomic mass is 10.0. The predicted octanol–water partition coefficient (Wildman–Crippen LogP) is -0.389. The molecule has 0 aromatic heterocycles. The Balaban J connectivity index is 1.83. The average molecular weight is 341 g/mol. The highest BCUT2D eigenvalue weighted by Gasteiger charge is 2.45. The van der Waals surface area contributed by atoms with Crippen LogP contribution in [0.4, 0.5) is 0 Å². The van der Waals surface area contributed by atoms with Gasteiger partial charge in [0.2, 0.25) is 11.8 Å². The van der Waals surface area contributed by atoms with Gasteiger partial charge in [0.15, 0.2) is 0 Å². The van der Waals surface area contributed by atoms with Crippen LogP contribution in [0.15, 0.2) is 0 Å². The van der Waals surface area contributed by atoms with Gasteiger partial charge in [-0.15, -0.1) is 0 Å². The van der Waals surface area contributed by atoms with Crippen molar-refractivity contribution in [2.75, 3.05) is 13.2 Å². The molecule has 8 nitrogen and oxygen atoms in total. The molecule has 0 spiro atoms. The van der Waals surface area contributed by atoms with Crippen LogP contribution in [-0.2, 0) is 23.9 Å². The molecular formula is C16H27N3O5. The fraction of sp³-hybridized carbons (Fsp3) is 0.812. The van der Waals surface area contributed by atoms with E-state index in [9.17, 15) is 14.4 Å². The summed E-state index contributed by atoms with van der Waals surface area (Å²) in [4.78, 5) is 37.3. The molecule has 0 bridgehead atoms. The maximum Gasteiger partial charge on any atom is 0.328 e. The van der Waals surface area contributed by atoms with E-state index < -0.39 is 18.1 Å². The molecule has 2 rings (SSSR count). The lowest BCUT2D eigenvalue weighted by molar-refractivity contribution is -0.160. The number of ether oxygens (including phenoxy) is 2. The fourth-order valence-corrected chi connectivity index (χ4v) is 2.66. The Kier molecular flexibility index (Phi) is 5.82. The third-order valence-corrected chi connectivity index (χ3v) is 4.42. The molecule has 2 saturated heterocycles. The molecule has 24 heavy (non-hydrogen) atoms. The molecule has 2 aliphatic rings. The molecule has 0 radical (unpaired) electrons. The number of carbonyl (C=O) groups is 3. The van der Waals surface area contributed by atoms with Gasteiger partial charge < -0.3 is 25.4 Å². The molecule has 2 heterocycles. The number of carbonyl (C=O) groups excluding carboxylic acids is 3. The zero-order valence-electron chi connectivity index (χ0n) is 14.7. The summed E-state index contributed by atoms with van der Waals surface area (Å²) >= 11 is 0. The Morgan fingerprint density at radius 3 is 2.50 bits per heavy atom. The van der Waals surface area contributed by atoms with E-state index in [2.05, 4.69) is 5.32 Å². The SMILES string of the molecule is CC(C)C(N)C(=O)NC(C(=O)OCC1CN2C(=O)CC2O1)C(C)C. The highest BCUT2D eigenvalue weighted by atomic mass is 16.6. The van der Waals surface area contributed by atoms with Crippen molar-refractivity contribution in [3.63, 3.8) is 0 Å². The smallest absolute Gasteiger partial charge is 0.328 e. The van der Waals surface area contributed by atoms with Crippen LogP contribution < -0.4 is 11.1 Å². The Labute approximate surface area is 142 Å². The van der Waals surface area contributed by atoms with E-state index in [0.29, 0.717) is 13.0 Å². The molecule has 8 heteroatoms. The van der Waals surface area contributed by atoms with Gasteiger partial charge in [0.1, 0.15) is 25.0 Å². The second-order valence-electron chi connectivity index (χ2n) is 7.09. The second-order valence-corrected chi connectivity index (χ2v) is 7.09. The number of nitrogens with two attached hydrogens (primary N) is 1. The van der Waals surface area contributed by atoms with Crippen molar-refractivity contribution in [1.29, 1.82) is 0 Å². The van der Waals surface area contributed by atoms with E-state index in [-0.39, 0.29) is 42.6 Å². The van der Waals surface area contributed by atoms with Crippen molar-refractivity contribution in [1.82, 2.24) is 10.2 Å². The molecule has 0 aromatic carbocycles. The standard InChI is InChI=1S/C16H27N3O5/c1-8(2)13(17)15(21)18-14(9(3)4)16(22)23-7-10-6-19-11(20)5-12(19)24-10/h8-10,12-14H,5-7,17H2,1-4H3,(H,18,21). The van der Waals surface area contributed by atoms with Gasteiger partial charge in [-0.25, -0.2) is 4.79 Å². The molecule has 0 aliphatic carbocycles. The highest BCUT2D eigenvalue weighted by Crippen LogP contribution is 2.28. The summed E-state index contributed by atoms with van der Waals surface area (Å²) in [6.07, 6.45) is -0.0972. The Morgan fingerprint density at radius 2 is 2.00 bits per heavy atom. The minimum atomic E-state index is -0.762. The summed E-state index contributed by atoms with van der Waals surface area (Å²) in [6.45, 7) is 7.83. The van der Waals surface area contributed by atoms with E-state index in [1.165, 1.54) is 0 Å². The molecule has 4 unspecified atom stereocenters. The zero-order chi connectivity index (χ0) is 18.0. The Morgan fingerprint density at radius 1 is 1.33 bits per heavy atom. The van der Waals surface area contributed by atoms with E-state index in [1.54, 1.807) is 4.90 Å². The summed E-state index contributed by atoms with van der Waals surface area (Å²) in [6, 6.07) is -1.44. The Bertz CT molecular complexity index is 508. The number of hydrogen-bond acceptors (Lipinski definition) is 6. The lowest BCUT2D eigenvalue weighted by Crippen LogP contribution is -2.52. The number of rotatable bonds is 7. The molecule has 0 aromatic rings. The van der Waals surface area contributed by atoms with Crippen LogP contribution in [-0.4, -0.2) is 60.3 Å². The minimum absolute atomic E-state index is 0.0252. The van der Waals surface area contributed by atoms with Crippen LogP contribution in [0.2, 0.25) is 0 Å². The van der Waals surface area contributed by atoms with E-state index in [4.69, 9.17) is 15.2 Å². The Hall–Kier alpha value is -1.67. The van der Waals surface area contributed by atoms with Crippen molar-refractivity contribution in [3.05, 3.63) is 0 Å². The summed E-state index contributed by atoms with van der Waals surface area (Å²) in [5.41, 5.74) is 5.81.